The number of carbonyl (C=O) groups is 3. The highest BCUT2D eigenvalue weighted by atomic mass is 35.5. The second-order valence-electron chi connectivity index (χ2n) is 7.08. The van der Waals surface area contributed by atoms with E-state index in [1.165, 1.54) is 0 Å². The lowest BCUT2D eigenvalue weighted by Gasteiger charge is -2.20. The van der Waals surface area contributed by atoms with Crippen molar-refractivity contribution in [1.82, 2.24) is 5.32 Å². The topological polar surface area (TPSA) is 78.5 Å². The molecule has 0 unspecified atom stereocenters. The number of hydrogen-bond acceptors (Lipinski definition) is 3. The van der Waals surface area contributed by atoms with E-state index in [2.05, 4.69) is 10.6 Å². The molecule has 1 atom stereocenters. The predicted octanol–water partition coefficient (Wildman–Crippen LogP) is 3.78. The normalized spacial score (nSPS) is 16.0. The van der Waals surface area contributed by atoms with Gasteiger partial charge in [0.05, 0.1) is 17.2 Å². The Morgan fingerprint density at radius 2 is 1.93 bits per heavy atom. The molecule has 0 aromatic heterocycles. The summed E-state index contributed by atoms with van der Waals surface area (Å²) in [5, 5.41) is 6.22. The Bertz CT molecular complexity index is 945. The first-order chi connectivity index (χ1) is 13.9. The van der Waals surface area contributed by atoms with Crippen molar-refractivity contribution in [3.05, 3.63) is 58.6 Å². The van der Waals surface area contributed by atoms with Crippen LogP contribution in [0.5, 0.6) is 0 Å². The van der Waals surface area contributed by atoms with E-state index in [-0.39, 0.29) is 30.7 Å². The van der Waals surface area contributed by atoms with Crippen LogP contribution in [0.3, 0.4) is 0 Å². The van der Waals surface area contributed by atoms with Crippen LogP contribution in [-0.4, -0.2) is 30.8 Å². The molecule has 1 saturated heterocycles. The SMILES string of the molecule is CCCNC(=O)c1ccccc1NC(=O)[C@@H]1CC(=O)N(c2cccc(Cl)c2C)C1. The maximum Gasteiger partial charge on any atom is 0.253 e. The van der Waals surface area contributed by atoms with Crippen LogP contribution < -0.4 is 15.5 Å². The summed E-state index contributed by atoms with van der Waals surface area (Å²) in [4.78, 5) is 39.3. The summed E-state index contributed by atoms with van der Waals surface area (Å²) >= 11 is 6.17. The van der Waals surface area contributed by atoms with Crippen molar-refractivity contribution >= 4 is 40.7 Å². The molecular weight excluding hydrogens is 390 g/mol. The van der Waals surface area contributed by atoms with Crippen LogP contribution in [0.15, 0.2) is 42.5 Å². The maximum absolute atomic E-state index is 12.8. The van der Waals surface area contributed by atoms with Gasteiger partial charge in [-0.05, 0) is 43.2 Å². The molecule has 0 aliphatic carbocycles. The highest BCUT2D eigenvalue weighted by Gasteiger charge is 2.36. The predicted molar refractivity (Wildman–Crippen MR) is 114 cm³/mol. The number of carbonyl (C=O) groups excluding carboxylic acids is 3. The second kappa shape index (κ2) is 9.09. The number of nitrogens with one attached hydrogen (secondary N) is 2. The monoisotopic (exact) mass is 413 g/mol. The molecule has 29 heavy (non-hydrogen) atoms. The standard InChI is InChI=1S/C22H24ClN3O3/c1-3-11-24-22(29)16-7-4-5-9-18(16)25-21(28)15-12-20(27)26(13-15)19-10-6-8-17(23)14(19)2/h4-10,15H,3,11-13H2,1-2H3,(H,24,29)(H,25,28)/t15-/m1/s1. The number of anilines is 2. The van der Waals surface area contributed by atoms with Gasteiger partial charge in [0.25, 0.3) is 5.91 Å². The van der Waals surface area contributed by atoms with E-state index in [0.717, 1.165) is 17.7 Å². The number of para-hydroxylation sites is 1. The fraction of sp³-hybridized carbons (Fsp3) is 0.318. The Morgan fingerprint density at radius 1 is 1.17 bits per heavy atom. The van der Waals surface area contributed by atoms with Crippen molar-refractivity contribution in [2.24, 2.45) is 5.92 Å². The summed E-state index contributed by atoms with van der Waals surface area (Å²) in [7, 11) is 0. The van der Waals surface area contributed by atoms with E-state index in [1.807, 2.05) is 19.9 Å². The highest BCUT2D eigenvalue weighted by Crippen LogP contribution is 2.32. The zero-order chi connectivity index (χ0) is 21.0. The largest absolute Gasteiger partial charge is 0.352 e. The zero-order valence-electron chi connectivity index (χ0n) is 16.5. The summed E-state index contributed by atoms with van der Waals surface area (Å²) in [6.07, 6.45) is 0.936. The van der Waals surface area contributed by atoms with Crippen molar-refractivity contribution in [3.8, 4) is 0 Å². The van der Waals surface area contributed by atoms with Crippen molar-refractivity contribution < 1.29 is 14.4 Å². The van der Waals surface area contributed by atoms with Crippen molar-refractivity contribution in [2.45, 2.75) is 26.7 Å². The molecule has 1 heterocycles. The summed E-state index contributed by atoms with van der Waals surface area (Å²) in [6.45, 7) is 4.66. The molecular formula is C22H24ClN3O3. The van der Waals surface area contributed by atoms with Gasteiger partial charge < -0.3 is 15.5 Å². The second-order valence-corrected chi connectivity index (χ2v) is 7.49. The van der Waals surface area contributed by atoms with E-state index >= 15 is 0 Å². The van der Waals surface area contributed by atoms with Gasteiger partial charge in [-0.2, -0.15) is 0 Å². The smallest absolute Gasteiger partial charge is 0.253 e. The number of halogens is 1. The fourth-order valence-corrected chi connectivity index (χ4v) is 3.53. The first-order valence-electron chi connectivity index (χ1n) is 9.66. The minimum Gasteiger partial charge on any atom is -0.352 e. The molecule has 3 rings (SSSR count). The molecule has 2 N–H and O–H groups in total. The van der Waals surface area contributed by atoms with Crippen LogP contribution in [0.1, 0.15) is 35.7 Å². The molecule has 0 bridgehead atoms. The lowest BCUT2D eigenvalue weighted by atomic mass is 10.1. The number of nitrogens with zero attached hydrogens (tertiary/aromatic N) is 1. The number of hydrogen-bond donors (Lipinski definition) is 2. The molecule has 2 aromatic rings. The Kier molecular flexibility index (Phi) is 6.54. The van der Waals surface area contributed by atoms with Crippen molar-refractivity contribution in [2.75, 3.05) is 23.3 Å². The molecule has 0 spiro atoms. The Balaban J connectivity index is 1.74. The van der Waals surface area contributed by atoms with Crippen molar-refractivity contribution in [3.63, 3.8) is 0 Å². The molecule has 0 saturated carbocycles. The molecule has 6 nitrogen and oxygen atoms in total. The van der Waals surface area contributed by atoms with Gasteiger partial charge in [-0.3, -0.25) is 14.4 Å². The molecule has 152 valence electrons. The van der Waals surface area contributed by atoms with E-state index in [0.29, 0.717) is 22.8 Å². The minimum absolute atomic E-state index is 0.113. The molecule has 2 aromatic carbocycles. The lowest BCUT2D eigenvalue weighted by Crippen LogP contribution is -2.30. The average Bonchev–Trinajstić information content (AvgIpc) is 3.10. The molecule has 3 amide bonds. The Labute approximate surface area is 175 Å². The number of amides is 3. The van der Waals surface area contributed by atoms with Crippen LogP contribution in [0.4, 0.5) is 11.4 Å². The Morgan fingerprint density at radius 3 is 2.69 bits per heavy atom. The van der Waals surface area contributed by atoms with Gasteiger partial charge in [0.1, 0.15) is 0 Å². The summed E-state index contributed by atoms with van der Waals surface area (Å²) in [5.74, 6) is -1.14. The van der Waals surface area contributed by atoms with E-state index in [1.54, 1.807) is 41.3 Å². The maximum atomic E-state index is 12.8. The van der Waals surface area contributed by atoms with E-state index < -0.39 is 5.92 Å². The van der Waals surface area contributed by atoms with E-state index in [9.17, 15) is 14.4 Å². The van der Waals surface area contributed by atoms with Crippen LogP contribution in [0.25, 0.3) is 0 Å². The molecule has 1 fully saturated rings. The average molecular weight is 414 g/mol. The van der Waals surface area contributed by atoms with Crippen LogP contribution in [0, 0.1) is 12.8 Å². The third-order valence-electron chi connectivity index (χ3n) is 4.99. The van der Waals surface area contributed by atoms with Crippen molar-refractivity contribution in [1.29, 1.82) is 0 Å². The highest BCUT2D eigenvalue weighted by molar-refractivity contribution is 6.31. The first kappa shape index (κ1) is 20.9. The van der Waals surface area contributed by atoms with E-state index in [4.69, 9.17) is 11.6 Å². The quantitative estimate of drug-likeness (QED) is 0.756. The summed E-state index contributed by atoms with van der Waals surface area (Å²) in [5.41, 5.74) is 2.37. The third kappa shape index (κ3) is 4.59. The number of rotatable bonds is 6. The van der Waals surface area contributed by atoms with Crippen LogP contribution >= 0.6 is 11.6 Å². The molecule has 0 radical (unpaired) electrons. The minimum atomic E-state index is -0.507. The third-order valence-corrected chi connectivity index (χ3v) is 5.40. The fourth-order valence-electron chi connectivity index (χ4n) is 3.36. The van der Waals surface area contributed by atoms with Gasteiger partial charge in [0.2, 0.25) is 11.8 Å². The zero-order valence-corrected chi connectivity index (χ0v) is 17.3. The number of benzene rings is 2. The van der Waals surface area contributed by atoms with Gasteiger partial charge in [-0.25, -0.2) is 0 Å². The summed E-state index contributed by atoms with van der Waals surface area (Å²) in [6, 6.07) is 12.2. The van der Waals surface area contributed by atoms with Gasteiger partial charge in [0.15, 0.2) is 0 Å². The van der Waals surface area contributed by atoms with Gasteiger partial charge in [-0.15, -0.1) is 0 Å². The van der Waals surface area contributed by atoms with Crippen LogP contribution in [0.2, 0.25) is 5.02 Å². The summed E-state index contributed by atoms with van der Waals surface area (Å²) < 4.78 is 0. The first-order valence-corrected chi connectivity index (χ1v) is 10.0. The molecule has 1 aliphatic heterocycles. The van der Waals surface area contributed by atoms with Gasteiger partial charge in [0, 0.05) is 30.2 Å². The van der Waals surface area contributed by atoms with Crippen LogP contribution in [-0.2, 0) is 9.59 Å². The molecule has 7 heteroatoms. The lowest BCUT2D eigenvalue weighted by molar-refractivity contribution is -0.122. The van der Waals surface area contributed by atoms with Gasteiger partial charge >= 0.3 is 0 Å². The Hall–Kier alpha value is -2.86. The van der Waals surface area contributed by atoms with Gasteiger partial charge in [-0.1, -0.05) is 36.7 Å². The molecule has 1 aliphatic rings.